The minimum atomic E-state index is -0.0412. The molecule has 0 saturated carbocycles. The van der Waals surface area contributed by atoms with Crippen LogP contribution >= 0.6 is 0 Å². The van der Waals surface area contributed by atoms with Crippen molar-refractivity contribution in [3.63, 3.8) is 0 Å². The minimum Gasteiger partial charge on any atom is -0.456 e. The first-order chi connectivity index (χ1) is 26.8. The molecule has 10 rings (SSSR count). The van der Waals surface area contributed by atoms with Gasteiger partial charge in [0, 0.05) is 33.2 Å². The van der Waals surface area contributed by atoms with Gasteiger partial charge in [0.1, 0.15) is 11.2 Å². The molecule has 1 aliphatic carbocycles. The average molecular weight is 708 g/mol. The highest BCUT2D eigenvalue weighted by Gasteiger charge is 2.36. The second kappa shape index (κ2) is 12.7. The second-order valence-electron chi connectivity index (χ2n) is 15.5. The van der Waals surface area contributed by atoms with Crippen molar-refractivity contribution in [2.24, 2.45) is 0 Å². The Labute approximate surface area is 323 Å². The standard InChI is InChI=1S/C53H41NO/c1-34-28-35(2)51-46-33-39(26-27-47(46)53(3,4)48(51)29-34)38-17-11-20-42(31-38)54(41-19-10-16-37(30-41)36-14-6-5-7-15-36)43-21-12-18-40(32-43)44-23-13-25-50-52(44)45-22-8-9-24-49(45)55-50/h5-33H,1-4H3. The molecule has 2 heteroatoms. The summed E-state index contributed by atoms with van der Waals surface area (Å²) in [6.45, 7) is 9.19. The van der Waals surface area contributed by atoms with E-state index in [1.807, 2.05) is 12.1 Å². The van der Waals surface area contributed by atoms with Crippen molar-refractivity contribution in [3.05, 3.63) is 198 Å². The van der Waals surface area contributed by atoms with Crippen molar-refractivity contribution >= 4 is 39.0 Å². The van der Waals surface area contributed by atoms with Crippen molar-refractivity contribution in [3.8, 4) is 44.5 Å². The minimum absolute atomic E-state index is 0.0412. The highest BCUT2D eigenvalue weighted by atomic mass is 16.3. The first kappa shape index (κ1) is 33.0. The first-order valence-electron chi connectivity index (χ1n) is 19.2. The molecule has 1 aliphatic rings. The molecule has 1 aromatic heterocycles. The van der Waals surface area contributed by atoms with Crippen molar-refractivity contribution in [2.75, 3.05) is 4.90 Å². The van der Waals surface area contributed by atoms with E-state index in [2.05, 4.69) is 196 Å². The number of anilines is 3. The van der Waals surface area contributed by atoms with Crippen molar-refractivity contribution in [2.45, 2.75) is 33.1 Å². The second-order valence-corrected chi connectivity index (χ2v) is 15.5. The molecule has 0 amide bonds. The van der Waals surface area contributed by atoms with Crippen LogP contribution in [-0.2, 0) is 5.41 Å². The summed E-state index contributed by atoms with van der Waals surface area (Å²) in [7, 11) is 0. The van der Waals surface area contributed by atoms with Gasteiger partial charge >= 0.3 is 0 Å². The monoisotopic (exact) mass is 707 g/mol. The summed E-state index contributed by atoms with van der Waals surface area (Å²) in [5.41, 5.74) is 20.3. The molecule has 1 heterocycles. The van der Waals surface area contributed by atoms with Crippen molar-refractivity contribution < 1.29 is 4.42 Å². The summed E-state index contributed by atoms with van der Waals surface area (Å²) in [4.78, 5) is 2.39. The summed E-state index contributed by atoms with van der Waals surface area (Å²) >= 11 is 0. The van der Waals surface area contributed by atoms with E-state index in [4.69, 9.17) is 4.42 Å². The Morgan fingerprint density at radius 1 is 0.436 bits per heavy atom. The number of hydrogen-bond donors (Lipinski definition) is 0. The van der Waals surface area contributed by atoms with Crippen LogP contribution in [0.15, 0.2) is 180 Å². The van der Waals surface area contributed by atoms with Gasteiger partial charge in [0.25, 0.3) is 0 Å². The molecule has 0 unspecified atom stereocenters. The van der Waals surface area contributed by atoms with Crippen LogP contribution in [0.3, 0.4) is 0 Å². The number of benzene rings is 8. The van der Waals surface area contributed by atoms with Crippen LogP contribution in [0, 0.1) is 13.8 Å². The molecule has 0 radical (unpaired) electrons. The van der Waals surface area contributed by atoms with Gasteiger partial charge in [-0.15, -0.1) is 0 Å². The zero-order valence-electron chi connectivity index (χ0n) is 31.6. The van der Waals surface area contributed by atoms with E-state index in [-0.39, 0.29) is 5.41 Å². The van der Waals surface area contributed by atoms with Gasteiger partial charge in [-0.05, 0) is 130 Å². The van der Waals surface area contributed by atoms with Crippen LogP contribution in [0.4, 0.5) is 17.1 Å². The molecule has 2 nitrogen and oxygen atoms in total. The van der Waals surface area contributed by atoms with Gasteiger partial charge in [-0.1, -0.05) is 141 Å². The van der Waals surface area contributed by atoms with Crippen LogP contribution in [-0.4, -0.2) is 0 Å². The molecule has 0 bridgehead atoms. The van der Waals surface area contributed by atoms with Gasteiger partial charge in [-0.2, -0.15) is 0 Å². The van der Waals surface area contributed by atoms with E-state index in [1.54, 1.807) is 0 Å². The van der Waals surface area contributed by atoms with Crippen molar-refractivity contribution in [1.82, 2.24) is 0 Å². The van der Waals surface area contributed by atoms with E-state index in [1.165, 1.54) is 55.6 Å². The zero-order valence-corrected chi connectivity index (χ0v) is 31.6. The quantitative estimate of drug-likeness (QED) is 0.171. The number of rotatable bonds is 6. The molecule has 264 valence electrons. The fourth-order valence-corrected chi connectivity index (χ4v) is 8.99. The molecule has 55 heavy (non-hydrogen) atoms. The molecule has 0 spiro atoms. The van der Waals surface area contributed by atoms with Gasteiger partial charge in [-0.3, -0.25) is 0 Å². The smallest absolute Gasteiger partial charge is 0.136 e. The lowest BCUT2D eigenvalue weighted by molar-refractivity contribution is 0.659. The molecule has 0 N–H and O–H groups in total. The van der Waals surface area contributed by atoms with Crippen LogP contribution in [0.1, 0.15) is 36.1 Å². The molecule has 0 atom stereocenters. The maximum Gasteiger partial charge on any atom is 0.136 e. The third-order valence-corrected chi connectivity index (χ3v) is 11.6. The fourth-order valence-electron chi connectivity index (χ4n) is 8.99. The normalized spacial score (nSPS) is 12.9. The van der Waals surface area contributed by atoms with E-state index >= 15 is 0 Å². The van der Waals surface area contributed by atoms with Gasteiger partial charge in [0.05, 0.1) is 0 Å². The third-order valence-electron chi connectivity index (χ3n) is 11.6. The average Bonchev–Trinajstić information content (AvgIpc) is 3.70. The Kier molecular flexibility index (Phi) is 7.64. The molecule has 0 fully saturated rings. The summed E-state index contributed by atoms with van der Waals surface area (Å²) in [5, 5.41) is 2.27. The highest BCUT2D eigenvalue weighted by molar-refractivity contribution is 6.12. The Morgan fingerprint density at radius 2 is 1.02 bits per heavy atom. The summed E-state index contributed by atoms with van der Waals surface area (Å²) in [6.07, 6.45) is 0. The van der Waals surface area contributed by atoms with Crippen molar-refractivity contribution in [1.29, 1.82) is 0 Å². The Bertz CT molecular complexity index is 2930. The number of furan rings is 1. The lowest BCUT2D eigenvalue weighted by Crippen LogP contribution is -2.15. The Morgan fingerprint density at radius 3 is 1.76 bits per heavy atom. The SMILES string of the molecule is Cc1cc(C)c2c(c1)C(C)(C)c1ccc(-c3cccc(N(c4cccc(-c5ccccc5)c4)c4cccc(-c5cccc6oc7ccccc7c56)c4)c3)cc1-2. The van der Waals surface area contributed by atoms with Crippen LogP contribution < -0.4 is 4.90 Å². The third kappa shape index (κ3) is 5.48. The molecular weight excluding hydrogens is 667 g/mol. The van der Waals surface area contributed by atoms with Crippen LogP contribution in [0.2, 0.25) is 0 Å². The van der Waals surface area contributed by atoms with Gasteiger partial charge in [0.15, 0.2) is 0 Å². The molecule has 9 aromatic rings. The first-order valence-corrected chi connectivity index (χ1v) is 19.2. The molecule has 0 saturated heterocycles. The lowest BCUT2D eigenvalue weighted by Gasteiger charge is -2.27. The van der Waals surface area contributed by atoms with Gasteiger partial charge in [0.2, 0.25) is 0 Å². The highest BCUT2D eigenvalue weighted by Crippen LogP contribution is 2.51. The number of aryl methyl sites for hydroxylation is 2. The Balaban J connectivity index is 1.13. The van der Waals surface area contributed by atoms with Crippen LogP contribution in [0.5, 0.6) is 0 Å². The number of fused-ring (bicyclic) bond motifs is 6. The summed E-state index contributed by atoms with van der Waals surface area (Å²) in [6, 6.07) is 63.9. The van der Waals surface area contributed by atoms with Crippen LogP contribution in [0.25, 0.3) is 66.4 Å². The lowest BCUT2D eigenvalue weighted by atomic mass is 9.81. The van der Waals surface area contributed by atoms with Gasteiger partial charge < -0.3 is 9.32 Å². The molecule has 0 aliphatic heterocycles. The number of hydrogen-bond acceptors (Lipinski definition) is 2. The molecule has 8 aromatic carbocycles. The van der Waals surface area contributed by atoms with E-state index < -0.39 is 0 Å². The number of para-hydroxylation sites is 1. The van der Waals surface area contributed by atoms with E-state index in [9.17, 15) is 0 Å². The predicted molar refractivity (Wildman–Crippen MR) is 232 cm³/mol. The van der Waals surface area contributed by atoms with E-state index in [0.717, 1.165) is 50.1 Å². The Hall–Kier alpha value is -6.64. The maximum absolute atomic E-state index is 6.30. The topological polar surface area (TPSA) is 16.4 Å². The fraction of sp³-hybridized carbons (Fsp3) is 0.0943. The largest absolute Gasteiger partial charge is 0.456 e. The summed E-state index contributed by atoms with van der Waals surface area (Å²) < 4.78 is 6.30. The maximum atomic E-state index is 6.30. The summed E-state index contributed by atoms with van der Waals surface area (Å²) in [5.74, 6) is 0. The van der Waals surface area contributed by atoms with Gasteiger partial charge in [-0.25, -0.2) is 0 Å². The number of nitrogens with zero attached hydrogens (tertiary/aromatic N) is 1. The van der Waals surface area contributed by atoms with E-state index in [0.29, 0.717) is 0 Å². The zero-order chi connectivity index (χ0) is 37.3. The molecular formula is C53H41NO. The predicted octanol–water partition coefficient (Wildman–Crippen LogP) is 15.0.